The first-order chi connectivity index (χ1) is 4.79. The highest BCUT2D eigenvalue weighted by Crippen LogP contribution is 2.27. The Balaban J connectivity index is 2.30. The van der Waals surface area contributed by atoms with Crippen LogP contribution in [0, 0.1) is 5.92 Å². The third-order valence-corrected chi connectivity index (χ3v) is 2.90. The van der Waals surface area contributed by atoms with Gasteiger partial charge >= 0.3 is 0 Å². The average molecular weight is 156 g/mol. The summed E-state index contributed by atoms with van der Waals surface area (Å²) in [6.45, 7) is 0. The van der Waals surface area contributed by atoms with Gasteiger partial charge in [-0.3, -0.25) is 4.79 Å². The first-order valence-corrected chi connectivity index (χ1v) is 4.37. The summed E-state index contributed by atoms with van der Waals surface area (Å²) in [7, 11) is 1.72. The average Bonchev–Trinajstić information content (AvgIpc) is 2.41. The number of hydrazone groups is 1. The van der Waals surface area contributed by atoms with Crippen molar-refractivity contribution in [2.45, 2.75) is 0 Å². The highest BCUT2D eigenvalue weighted by molar-refractivity contribution is 8.00. The monoisotopic (exact) mass is 156 g/mol. The van der Waals surface area contributed by atoms with Crippen LogP contribution in [0.15, 0.2) is 5.10 Å². The summed E-state index contributed by atoms with van der Waals surface area (Å²) in [6, 6.07) is 0. The number of rotatable bonds is 0. The highest BCUT2D eigenvalue weighted by atomic mass is 32.2. The third-order valence-electron chi connectivity index (χ3n) is 1.83. The molecule has 0 bridgehead atoms. The van der Waals surface area contributed by atoms with Crippen LogP contribution in [0.2, 0.25) is 0 Å². The minimum absolute atomic E-state index is 0.120. The van der Waals surface area contributed by atoms with E-state index in [-0.39, 0.29) is 11.8 Å². The Morgan fingerprint density at radius 1 is 1.80 bits per heavy atom. The first kappa shape index (κ1) is 6.22. The van der Waals surface area contributed by atoms with Crippen molar-refractivity contribution in [1.82, 2.24) is 5.01 Å². The molecule has 1 amide bonds. The molecule has 0 spiro atoms. The summed E-state index contributed by atoms with van der Waals surface area (Å²) in [5.74, 6) is 2.16. The van der Waals surface area contributed by atoms with Crippen molar-refractivity contribution < 1.29 is 4.79 Å². The van der Waals surface area contributed by atoms with E-state index < -0.39 is 0 Å². The number of hydrogen-bond acceptors (Lipinski definition) is 3. The molecule has 3 nitrogen and oxygen atoms in total. The Bertz CT molecular complexity index is 214. The number of nitrogens with zero attached hydrogens (tertiary/aromatic N) is 2. The fourth-order valence-electron chi connectivity index (χ4n) is 1.26. The van der Waals surface area contributed by atoms with E-state index in [2.05, 4.69) is 5.10 Å². The molecule has 1 unspecified atom stereocenters. The molecule has 2 heterocycles. The lowest BCUT2D eigenvalue weighted by Crippen LogP contribution is -2.23. The molecule has 54 valence electrons. The molecule has 0 radical (unpaired) electrons. The van der Waals surface area contributed by atoms with Crippen LogP contribution in [0.5, 0.6) is 0 Å². The van der Waals surface area contributed by atoms with Crippen molar-refractivity contribution in [2.24, 2.45) is 11.0 Å². The zero-order chi connectivity index (χ0) is 7.14. The van der Waals surface area contributed by atoms with Gasteiger partial charge in [0.05, 0.1) is 11.6 Å². The van der Waals surface area contributed by atoms with E-state index in [0.717, 1.165) is 17.2 Å². The molecule has 0 aliphatic carbocycles. The zero-order valence-electron chi connectivity index (χ0n) is 5.70. The molecular formula is C6H8N2OS. The van der Waals surface area contributed by atoms with E-state index in [4.69, 9.17) is 0 Å². The molecule has 1 fully saturated rings. The van der Waals surface area contributed by atoms with E-state index in [1.807, 2.05) is 0 Å². The molecule has 0 aromatic heterocycles. The molecule has 0 aromatic rings. The van der Waals surface area contributed by atoms with Gasteiger partial charge in [0, 0.05) is 18.6 Å². The van der Waals surface area contributed by atoms with E-state index >= 15 is 0 Å². The molecule has 2 aliphatic rings. The van der Waals surface area contributed by atoms with Gasteiger partial charge in [0.1, 0.15) is 0 Å². The normalized spacial score (nSPS) is 30.9. The van der Waals surface area contributed by atoms with Crippen LogP contribution in [0.3, 0.4) is 0 Å². The fourth-order valence-corrected chi connectivity index (χ4v) is 2.41. The standard InChI is InChI=1S/C6H8N2OS/c1-8-6(9)4-2-10-3-5(4)7-8/h4H,2-3H2,1H3. The molecule has 10 heavy (non-hydrogen) atoms. The molecule has 1 atom stereocenters. The quantitative estimate of drug-likeness (QED) is 0.501. The van der Waals surface area contributed by atoms with Gasteiger partial charge in [-0.2, -0.15) is 16.9 Å². The molecule has 0 aromatic carbocycles. The largest absolute Gasteiger partial charge is 0.272 e. The Kier molecular flexibility index (Phi) is 1.23. The third kappa shape index (κ3) is 0.683. The van der Waals surface area contributed by atoms with E-state index in [1.54, 1.807) is 18.8 Å². The Hall–Kier alpha value is -0.510. The van der Waals surface area contributed by atoms with Crippen molar-refractivity contribution in [3.63, 3.8) is 0 Å². The predicted octanol–water partition coefficient (Wildman–Crippen LogP) is 0.177. The summed E-state index contributed by atoms with van der Waals surface area (Å²) in [4.78, 5) is 11.2. The van der Waals surface area contributed by atoms with Crippen LogP contribution >= 0.6 is 11.8 Å². The van der Waals surface area contributed by atoms with Gasteiger partial charge in [-0.1, -0.05) is 0 Å². The SMILES string of the molecule is CN1N=C2CSCC2C1=O. The molecular weight excluding hydrogens is 148 g/mol. The molecule has 1 saturated heterocycles. The number of carbonyl (C=O) groups is 1. The van der Waals surface area contributed by atoms with Crippen LogP contribution in [-0.2, 0) is 4.79 Å². The Morgan fingerprint density at radius 3 is 3.30 bits per heavy atom. The summed E-state index contributed by atoms with van der Waals surface area (Å²) in [5.41, 5.74) is 1.07. The Labute approximate surface area is 63.5 Å². The molecule has 2 rings (SSSR count). The number of fused-ring (bicyclic) bond motifs is 1. The highest BCUT2D eigenvalue weighted by Gasteiger charge is 2.37. The van der Waals surface area contributed by atoms with Gasteiger partial charge in [-0.25, -0.2) is 5.01 Å². The van der Waals surface area contributed by atoms with Gasteiger partial charge < -0.3 is 0 Å². The van der Waals surface area contributed by atoms with E-state index in [1.165, 1.54) is 5.01 Å². The van der Waals surface area contributed by atoms with E-state index in [9.17, 15) is 4.79 Å². The van der Waals surface area contributed by atoms with Crippen LogP contribution in [0.4, 0.5) is 0 Å². The molecule has 0 saturated carbocycles. The summed E-state index contributed by atoms with van der Waals surface area (Å²) in [6.07, 6.45) is 0. The second kappa shape index (κ2) is 1.99. The van der Waals surface area contributed by atoms with Gasteiger partial charge in [0.2, 0.25) is 0 Å². The van der Waals surface area contributed by atoms with Crippen molar-refractivity contribution in [2.75, 3.05) is 18.6 Å². The second-order valence-corrected chi connectivity index (χ2v) is 3.55. The maximum absolute atomic E-state index is 11.2. The molecule has 0 N–H and O–H groups in total. The summed E-state index contributed by atoms with van der Waals surface area (Å²) < 4.78 is 0. The van der Waals surface area contributed by atoms with E-state index in [0.29, 0.717) is 0 Å². The minimum atomic E-state index is 0.120. The van der Waals surface area contributed by atoms with Crippen molar-refractivity contribution >= 4 is 23.4 Å². The number of thioether (sulfide) groups is 1. The van der Waals surface area contributed by atoms with Gasteiger partial charge in [0.15, 0.2) is 0 Å². The van der Waals surface area contributed by atoms with Gasteiger partial charge in [-0.15, -0.1) is 0 Å². The summed E-state index contributed by atoms with van der Waals surface area (Å²) in [5, 5.41) is 5.57. The maximum atomic E-state index is 11.2. The van der Waals surface area contributed by atoms with Gasteiger partial charge in [-0.05, 0) is 0 Å². The van der Waals surface area contributed by atoms with Crippen molar-refractivity contribution in [3.8, 4) is 0 Å². The van der Waals surface area contributed by atoms with Crippen LogP contribution in [0.25, 0.3) is 0 Å². The predicted molar refractivity (Wildman–Crippen MR) is 41.0 cm³/mol. The lowest BCUT2D eigenvalue weighted by Gasteiger charge is -2.04. The summed E-state index contributed by atoms with van der Waals surface area (Å²) >= 11 is 1.79. The number of carbonyl (C=O) groups excluding carboxylic acids is 1. The van der Waals surface area contributed by atoms with Crippen molar-refractivity contribution in [3.05, 3.63) is 0 Å². The maximum Gasteiger partial charge on any atom is 0.252 e. The number of amides is 1. The lowest BCUT2D eigenvalue weighted by molar-refractivity contribution is -0.129. The fraction of sp³-hybridized carbons (Fsp3) is 0.667. The lowest BCUT2D eigenvalue weighted by atomic mass is 10.1. The number of hydrogen-bond donors (Lipinski definition) is 0. The topological polar surface area (TPSA) is 32.7 Å². The minimum Gasteiger partial charge on any atom is -0.272 e. The first-order valence-electron chi connectivity index (χ1n) is 3.22. The van der Waals surface area contributed by atoms with Gasteiger partial charge in [0.25, 0.3) is 5.91 Å². The van der Waals surface area contributed by atoms with Crippen LogP contribution < -0.4 is 0 Å². The van der Waals surface area contributed by atoms with Crippen LogP contribution in [0.1, 0.15) is 0 Å². The van der Waals surface area contributed by atoms with Crippen molar-refractivity contribution in [1.29, 1.82) is 0 Å². The zero-order valence-corrected chi connectivity index (χ0v) is 6.52. The molecule has 2 aliphatic heterocycles. The second-order valence-electron chi connectivity index (χ2n) is 2.52. The molecule has 4 heteroatoms. The van der Waals surface area contributed by atoms with Crippen LogP contribution in [-0.4, -0.2) is 35.2 Å². The smallest absolute Gasteiger partial charge is 0.252 e. The Morgan fingerprint density at radius 2 is 2.60 bits per heavy atom.